The van der Waals surface area contributed by atoms with Crippen LogP contribution in [0.5, 0.6) is 5.75 Å². The first-order chi connectivity index (χ1) is 11.2. The van der Waals surface area contributed by atoms with Gasteiger partial charge < -0.3 is 4.74 Å². The lowest BCUT2D eigenvalue weighted by Gasteiger charge is -2.34. The monoisotopic (exact) mass is 311 g/mol. The lowest BCUT2D eigenvalue weighted by atomic mass is 10.00. The third-order valence-corrected chi connectivity index (χ3v) is 4.31. The second-order valence-electron chi connectivity index (χ2n) is 5.90. The van der Waals surface area contributed by atoms with Crippen molar-refractivity contribution in [3.63, 3.8) is 0 Å². The quantitative estimate of drug-likeness (QED) is 0.939. The molecule has 1 aliphatic heterocycles. The maximum atomic E-state index is 9.14. The minimum atomic E-state index is 0.212. The van der Waals surface area contributed by atoms with Crippen molar-refractivity contribution in [2.45, 2.75) is 38.8 Å². The average Bonchev–Trinajstić information content (AvgIpc) is 3.01. The zero-order valence-corrected chi connectivity index (χ0v) is 13.5. The molecule has 6 heteroatoms. The molecule has 1 atom stereocenters. The number of nitriles is 1. The van der Waals surface area contributed by atoms with Crippen LogP contribution in [-0.4, -0.2) is 33.7 Å². The topological polar surface area (TPSA) is 77.8 Å². The zero-order chi connectivity index (χ0) is 16.2. The van der Waals surface area contributed by atoms with Crippen LogP contribution >= 0.6 is 0 Å². The van der Waals surface area contributed by atoms with Gasteiger partial charge in [-0.2, -0.15) is 10.4 Å². The highest BCUT2D eigenvalue weighted by molar-refractivity contribution is 5.42. The Balaban J connectivity index is 1.86. The van der Waals surface area contributed by atoms with Gasteiger partial charge >= 0.3 is 0 Å². The average molecular weight is 311 g/mol. The Morgan fingerprint density at radius 3 is 3.00 bits per heavy atom. The van der Waals surface area contributed by atoms with E-state index in [1.54, 1.807) is 13.2 Å². The van der Waals surface area contributed by atoms with Crippen molar-refractivity contribution < 1.29 is 4.74 Å². The number of rotatable bonds is 4. The molecular weight excluding hydrogens is 290 g/mol. The lowest BCUT2D eigenvalue weighted by Crippen LogP contribution is -2.33. The van der Waals surface area contributed by atoms with Crippen LogP contribution in [0.3, 0.4) is 0 Å². The van der Waals surface area contributed by atoms with Gasteiger partial charge in [0.15, 0.2) is 5.82 Å². The molecule has 6 nitrogen and oxygen atoms in total. The molecule has 0 aliphatic carbocycles. The number of piperidine rings is 1. The van der Waals surface area contributed by atoms with Crippen molar-refractivity contribution in [3.05, 3.63) is 41.0 Å². The Labute approximate surface area is 136 Å². The van der Waals surface area contributed by atoms with Crippen LogP contribution in [0.1, 0.15) is 48.1 Å². The highest BCUT2D eigenvalue weighted by atomic mass is 16.5. The number of methoxy groups -OCH3 is 1. The van der Waals surface area contributed by atoms with Crippen LogP contribution in [-0.2, 0) is 6.54 Å². The van der Waals surface area contributed by atoms with E-state index >= 15 is 0 Å². The molecule has 2 heterocycles. The van der Waals surface area contributed by atoms with Gasteiger partial charge in [-0.05, 0) is 44.5 Å². The smallest absolute Gasteiger partial charge is 0.167 e. The van der Waals surface area contributed by atoms with Crippen molar-refractivity contribution in [2.24, 2.45) is 0 Å². The van der Waals surface area contributed by atoms with Crippen LogP contribution in [0, 0.1) is 18.3 Å². The largest absolute Gasteiger partial charge is 0.496 e. The second kappa shape index (κ2) is 6.80. The molecule has 0 spiro atoms. The Bertz CT molecular complexity index is 718. The highest BCUT2D eigenvalue weighted by Gasteiger charge is 2.27. The predicted octanol–water partition coefficient (Wildman–Crippen LogP) is 2.72. The molecule has 0 bridgehead atoms. The maximum Gasteiger partial charge on any atom is 0.167 e. The van der Waals surface area contributed by atoms with Crippen molar-refractivity contribution >= 4 is 0 Å². The molecule has 0 amide bonds. The fourth-order valence-electron chi connectivity index (χ4n) is 3.17. The number of hydrogen-bond acceptors (Lipinski definition) is 5. The Kier molecular flexibility index (Phi) is 4.58. The first-order valence-electron chi connectivity index (χ1n) is 7.91. The molecule has 1 saturated heterocycles. The number of likely N-dealkylation sites (tertiary alicyclic amines) is 1. The molecular formula is C17H21N5O. The minimum absolute atomic E-state index is 0.212. The summed E-state index contributed by atoms with van der Waals surface area (Å²) in [5.41, 5.74) is 1.69. The first kappa shape index (κ1) is 15.5. The zero-order valence-electron chi connectivity index (χ0n) is 13.5. The number of hydrogen-bond donors (Lipinski definition) is 1. The summed E-state index contributed by atoms with van der Waals surface area (Å²) >= 11 is 0. The van der Waals surface area contributed by atoms with E-state index in [2.05, 4.69) is 26.2 Å². The number of nitrogens with zero attached hydrogens (tertiary/aromatic N) is 4. The molecule has 3 rings (SSSR count). The molecule has 0 saturated carbocycles. The van der Waals surface area contributed by atoms with Crippen LogP contribution in [0.4, 0.5) is 0 Å². The Hall–Kier alpha value is -2.39. The van der Waals surface area contributed by atoms with Gasteiger partial charge in [0.05, 0.1) is 24.8 Å². The van der Waals surface area contributed by atoms with Gasteiger partial charge in [-0.3, -0.25) is 10.00 Å². The number of aromatic amines is 1. The summed E-state index contributed by atoms with van der Waals surface area (Å²) in [7, 11) is 1.66. The normalized spacial score (nSPS) is 18.6. The molecule has 1 N–H and O–H groups in total. The summed E-state index contributed by atoms with van der Waals surface area (Å²) in [5.74, 6) is 2.52. The van der Waals surface area contributed by atoms with Gasteiger partial charge in [-0.25, -0.2) is 4.98 Å². The summed E-state index contributed by atoms with van der Waals surface area (Å²) in [4.78, 5) is 6.89. The summed E-state index contributed by atoms with van der Waals surface area (Å²) in [6, 6.07) is 7.97. The van der Waals surface area contributed by atoms with Gasteiger partial charge in [0.1, 0.15) is 11.6 Å². The van der Waals surface area contributed by atoms with E-state index in [9.17, 15) is 0 Å². The van der Waals surface area contributed by atoms with E-state index in [1.165, 1.54) is 12.8 Å². The number of benzene rings is 1. The molecule has 1 aromatic carbocycles. The lowest BCUT2D eigenvalue weighted by molar-refractivity contribution is 0.132. The van der Waals surface area contributed by atoms with E-state index < -0.39 is 0 Å². The second-order valence-corrected chi connectivity index (χ2v) is 5.90. The molecule has 1 unspecified atom stereocenters. The van der Waals surface area contributed by atoms with E-state index in [0.717, 1.165) is 42.5 Å². The van der Waals surface area contributed by atoms with Crippen LogP contribution in [0.25, 0.3) is 0 Å². The highest BCUT2D eigenvalue weighted by Crippen LogP contribution is 2.32. The van der Waals surface area contributed by atoms with E-state index in [1.807, 2.05) is 19.1 Å². The van der Waals surface area contributed by atoms with E-state index in [4.69, 9.17) is 10.00 Å². The van der Waals surface area contributed by atoms with Crippen molar-refractivity contribution in [1.82, 2.24) is 20.1 Å². The third-order valence-electron chi connectivity index (χ3n) is 4.31. The van der Waals surface area contributed by atoms with Gasteiger partial charge in [0, 0.05) is 12.1 Å². The Morgan fingerprint density at radius 1 is 1.43 bits per heavy atom. The fourth-order valence-corrected chi connectivity index (χ4v) is 3.17. The van der Waals surface area contributed by atoms with Gasteiger partial charge in [0.25, 0.3) is 0 Å². The van der Waals surface area contributed by atoms with Crippen LogP contribution in [0.2, 0.25) is 0 Å². The van der Waals surface area contributed by atoms with Gasteiger partial charge in [0.2, 0.25) is 0 Å². The summed E-state index contributed by atoms with van der Waals surface area (Å²) in [6.45, 7) is 3.65. The van der Waals surface area contributed by atoms with Crippen molar-refractivity contribution in [1.29, 1.82) is 5.26 Å². The van der Waals surface area contributed by atoms with Crippen LogP contribution in [0.15, 0.2) is 18.2 Å². The van der Waals surface area contributed by atoms with Gasteiger partial charge in [-0.15, -0.1) is 0 Å². The standard InChI is InChI=1S/C17H21N5O/c1-12-19-17(21-20-12)15-5-3-4-8-22(15)11-14-9-13(10-18)6-7-16(14)23-2/h6-7,9,15H,3-5,8,11H2,1-2H3,(H,19,20,21). The summed E-state index contributed by atoms with van der Waals surface area (Å²) in [5, 5.41) is 16.4. The summed E-state index contributed by atoms with van der Waals surface area (Å²) in [6.07, 6.45) is 3.40. The van der Waals surface area contributed by atoms with E-state index in [-0.39, 0.29) is 6.04 Å². The SMILES string of the molecule is COc1ccc(C#N)cc1CN1CCCCC1c1n[nH]c(C)n1. The van der Waals surface area contributed by atoms with Crippen molar-refractivity contribution in [2.75, 3.05) is 13.7 Å². The number of H-pyrrole nitrogens is 1. The van der Waals surface area contributed by atoms with Crippen molar-refractivity contribution in [3.8, 4) is 11.8 Å². The fraction of sp³-hybridized carbons (Fsp3) is 0.471. The van der Waals surface area contributed by atoms with Gasteiger partial charge in [-0.1, -0.05) is 6.42 Å². The molecule has 1 aromatic heterocycles. The summed E-state index contributed by atoms with van der Waals surface area (Å²) < 4.78 is 5.46. The molecule has 2 aromatic rings. The minimum Gasteiger partial charge on any atom is -0.496 e. The third kappa shape index (κ3) is 3.35. The molecule has 1 fully saturated rings. The predicted molar refractivity (Wildman–Crippen MR) is 85.8 cm³/mol. The maximum absolute atomic E-state index is 9.14. The van der Waals surface area contributed by atoms with E-state index in [0.29, 0.717) is 5.56 Å². The molecule has 0 radical (unpaired) electrons. The number of ether oxygens (including phenoxy) is 1. The molecule has 1 aliphatic rings. The molecule has 120 valence electrons. The number of aryl methyl sites for hydroxylation is 1. The first-order valence-corrected chi connectivity index (χ1v) is 7.91. The van der Waals surface area contributed by atoms with Crippen LogP contribution < -0.4 is 4.74 Å². The number of aromatic nitrogens is 3. The Morgan fingerprint density at radius 2 is 2.30 bits per heavy atom. The number of nitrogens with one attached hydrogen (secondary N) is 1. The molecule has 23 heavy (non-hydrogen) atoms.